The second-order valence-corrected chi connectivity index (χ2v) is 3.96. The maximum atomic E-state index is 8.74. The first-order chi connectivity index (χ1) is 6.96. The van der Waals surface area contributed by atoms with Crippen molar-refractivity contribution in [2.24, 2.45) is 0 Å². The summed E-state index contributed by atoms with van der Waals surface area (Å²) in [6, 6.07) is 5.09. The molecular formula is C11H10ClN3. The third kappa shape index (κ3) is 3.16. The minimum absolute atomic E-state index is 0.268. The Morgan fingerprint density at radius 2 is 2.20 bits per heavy atom. The van der Waals surface area contributed by atoms with Gasteiger partial charge in [0.25, 0.3) is 0 Å². The second kappa shape index (κ2) is 4.21. The van der Waals surface area contributed by atoms with Crippen molar-refractivity contribution in [2.75, 3.05) is 5.32 Å². The van der Waals surface area contributed by atoms with Crippen LogP contribution in [-0.2, 0) is 0 Å². The number of nitrogens with one attached hydrogen (secondary N) is 1. The van der Waals surface area contributed by atoms with E-state index in [9.17, 15) is 0 Å². The molecule has 1 aromatic rings. The van der Waals surface area contributed by atoms with E-state index >= 15 is 0 Å². The summed E-state index contributed by atoms with van der Waals surface area (Å²) in [5.74, 6) is 3.07. The van der Waals surface area contributed by atoms with E-state index in [1.165, 1.54) is 6.07 Å². The zero-order valence-corrected chi connectivity index (χ0v) is 9.26. The van der Waals surface area contributed by atoms with Gasteiger partial charge in [0, 0.05) is 0 Å². The predicted octanol–water partition coefficient (Wildman–Crippen LogP) is 2.43. The maximum Gasteiger partial charge on any atom is 0.132 e. The summed E-state index contributed by atoms with van der Waals surface area (Å²) < 4.78 is 0. The third-order valence-electron chi connectivity index (χ3n) is 1.72. The Kier molecular flexibility index (Phi) is 3.19. The highest BCUT2D eigenvalue weighted by Crippen LogP contribution is 2.17. The van der Waals surface area contributed by atoms with Gasteiger partial charge in [-0.3, -0.25) is 0 Å². The summed E-state index contributed by atoms with van der Waals surface area (Å²) in [6.07, 6.45) is 5.32. The molecule has 0 saturated carbocycles. The predicted molar refractivity (Wildman–Crippen MR) is 60.5 cm³/mol. The molecule has 1 rings (SSSR count). The molecule has 0 aliphatic carbocycles. The van der Waals surface area contributed by atoms with E-state index in [1.54, 1.807) is 6.07 Å². The number of pyridine rings is 1. The summed E-state index contributed by atoms with van der Waals surface area (Å²) in [4.78, 5) is 4.02. The summed E-state index contributed by atoms with van der Waals surface area (Å²) in [5, 5.41) is 12.0. The van der Waals surface area contributed by atoms with Crippen LogP contribution in [0.25, 0.3) is 0 Å². The zero-order valence-electron chi connectivity index (χ0n) is 8.50. The lowest BCUT2D eigenvalue weighted by Crippen LogP contribution is -2.28. The molecule has 76 valence electrons. The molecule has 0 radical (unpaired) electrons. The molecule has 1 heterocycles. The van der Waals surface area contributed by atoms with E-state index in [0.29, 0.717) is 11.4 Å². The first-order valence-electron chi connectivity index (χ1n) is 4.30. The van der Waals surface area contributed by atoms with Crippen molar-refractivity contribution >= 4 is 17.4 Å². The fourth-order valence-electron chi connectivity index (χ4n) is 0.982. The minimum Gasteiger partial charge on any atom is -0.354 e. The quantitative estimate of drug-likeness (QED) is 0.614. The Balaban J connectivity index is 3.03. The Bertz CT molecular complexity index is 452. The number of rotatable bonds is 2. The van der Waals surface area contributed by atoms with Crippen LogP contribution in [0.4, 0.5) is 5.82 Å². The van der Waals surface area contributed by atoms with E-state index < -0.39 is 5.54 Å². The van der Waals surface area contributed by atoms with Crippen LogP contribution in [0.1, 0.15) is 19.4 Å². The molecule has 0 atom stereocenters. The number of anilines is 1. The average molecular weight is 220 g/mol. The van der Waals surface area contributed by atoms with Crippen molar-refractivity contribution in [2.45, 2.75) is 19.4 Å². The van der Waals surface area contributed by atoms with Gasteiger partial charge in [-0.05, 0) is 26.0 Å². The van der Waals surface area contributed by atoms with E-state index in [1.807, 2.05) is 19.9 Å². The maximum absolute atomic E-state index is 8.74. The number of hydrogen-bond donors (Lipinski definition) is 1. The number of aromatic nitrogens is 1. The molecule has 0 amide bonds. The molecule has 0 spiro atoms. The van der Waals surface area contributed by atoms with E-state index in [2.05, 4.69) is 16.2 Å². The van der Waals surface area contributed by atoms with E-state index in [-0.39, 0.29) is 5.15 Å². The van der Waals surface area contributed by atoms with Crippen molar-refractivity contribution in [3.05, 3.63) is 22.8 Å². The van der Waals surface area contributed by atoms with Crippen molar-refractivity contribution in [1.29, 1.82) is 5.26 Å². The van der Waals surface area contributed by atoms with E-state index in [4.69, 9.17) is 23.3 Å². The number of terminal acetylenes is 1. The Labute approximate surface area is 94.1 Å². The fraction of sp³-hybridized carbons (Fsp3) is 0.273. The van der Waals surface area contributed by atoms with Crippen LogP contribution < -0.4 is 5.32 Å². The summed E-state index contributed by atoms with van der Waals surface area (Å²) in [6.45, 7) is 3.67. The van der Waals surface area contributed by atoms with E-state index in [0.717, 1.165) is 0 Å². The molecule has 3 nitrogen and oxygen atoms in total. The molecule has 0 aliphatic rings. The van der Waals surface area contributed by atoms with Gasteiger partial charge in [-0.1, -0.05) is 17.5 Å². The van der Waals surface area contributed by atoms with Gasteiger partial charge in [-0.15, -0.1) is 6.42 Å². The minimum atomic E-state index is -0.523. The van der Waals surface area contributed by atoms with Crippen LogP contribution in [0.2, 0.25) is 5.15 Å². The number of nitriles is 1. The molecule has 4 heteroatoms. The molecule has 0 fully saturated rings. The number of hydrogen-bond acceptors (Lipinski definition) is 3. The first kappa shape index (κ1) is 11.4. The zero-order chi connectivity index (χ0) is 11.5. The Morgan fingerprint density at radius 3 is 2.73 bits per heavy atom. The number of nitrogens with zero attached hydrogens (tertiary/aromatic N) is 2. The van der Waals surface area contributed by atoms with Crippen molar-refractivity contribution in [3.8, 4) is 18.4 Å². The van der Waals surface area contributed by atoms with Gasteiger partial charge < -0.3 is 5.32 Å². The van der Waals surface area contributed by atoms with Crippen molar-refractivity contribution in [1.82, 2.24) is 4.98 Å². The average Bonchev–Trinajstić information content (AvgIpc) is 2.16. The SMILES string of the molecule is C#CC(C)(C)Nc1cc(C#N)cc(Cl)n1. The monoisotopic (exact) mass is 219 g/mol. The Morgan fingerprint density at radius 1 is 1.53 bits per heavy atom. The van der Waals surface area contributed by atoms with Gasteiger partial charge in [0.2, 0.25) is 0 Å². The van der Waals surface area contributed by atoms with Crippen molar-refractivity contribution < 1.29 is 0 Å². The lowest BCUT2D eigenvalue weighted by atomic mass is 10.1. The lowest BCUT2D eigenvalue weighted by Gasteiger charge is -2.20. The highest BCUT2D eigenvalue weighted by atomic mass is 35.5. The van der Waals surface area contributed by atoms with Gasteiger partial charge in [0.1, 0.15) is 11.0 Å². The topological polar surface area (TPSA) is 48.7 Å². The standard InChI is InChI=1S/C11H10ClN3/c1-4-11(2,3)15-10-6-8(7-13)5-9(12)14-10/h1,5-6H,2-3H3,(H,14,15). The summed E-state index contributed by atoms with van der Waals surface area (Å²) >= 11 is 5.75. The van der Waals surface area contributed by atoms with Gasteiger partial charge in [0.05, 0.1) is 17.2 Å². The van der Waals surface area contributed by atoms with Crippen LogP contribution in [-0.4, -0.2) is 10.5 Å². The molecule has 1 aromatic heterocycles. The van der Waals surface area contributed by atoms with Gasteiger partial charge >= 0.3 is 0 Å². The molecule has 1 N–H and O–H groups in total. The van der Waals surface area contributed by atoms with Gasteiger partial charge in [-0.25, -0.2) is 4.98 Å². The molecule has 0 aliphatic heterocycles. The lowest BCUT2D eigenvalue weighted by molar-refractivity contribution is 0.736. The highest BCUT2D eigenvalue weighted by molar-refractivity contribution is 6.29. The summed E-state index contributed by atoms with van der Waals surface area (Å²) in [5.41, 5.74) is -0.0740. The molecule has 0 aromatic carbocycles. The molecule has 0 unspecified atom stereocenters. The molecule has 0 saturated heterocycles. The number of halogens is 1. The van der Waals surface area contributed by atoms with Crippen LogP contribution in [0.15, 0.2) is 12.1 Å². The van der Waals surface area contributed by atoms with Gasteiger partial charge in [0.15, 0.2) is 0 Å². The molecular weight excluding hydrogens is 210 g/mol. The third-order valence-corrected chi connectivity index (χ3v) is 1.92. The summed E-state index contributed by atoms with van der Waals surface area (Å²) in [7, 11) is 0. The van der Waals surface area contributed by atoms with Crippen LogP contribution in [0, 0.1) is 23.7 Å². The van der Waals surface area contributed by atoms with Crippen molar-refractivity contribution in [3.63, 3.8) is 0 Å². The van der Waals surface area contributed by atoms with Crippen LogP contribution in [0.5, 0.6) is 0 Å². The normalized spacial score (nSPS) is 10.2. The van der Waals surface area contributed by atoms with Crippen LogP contribution >= 0.6 is 11.6 Å². The largest absolute Gasteiger partial charge is 0.354 e. The Hall–Kier alpha value is -1.71. The highest BCUT2D eigenvalue weighted by Gasteiger charge is 2.14. The smallest absolute Gasteiger partial charge is 0.132 e. The molecule has 0 bridgehead atoms. The fourth-order valence-corrected chi connectivity index (χ4v) is 1.19. The first-order valence-corrected chi connectivity index (χ1v) is 4.68. The molecule has 15 heavy (non-hydrogen) atoms. The van der Waals surface area contributed by atoms with Crippen LogP contribution in [0.3, 0.4) is 0 Å². The second-order valence-electron chi connectivity index (χ2n) is 3.57. The van der Waals surface area contributed by atoms with Gasteiger partial charge in [-0.2, -0.15) is 5.26 Å².